The molecule has 5 heteroatoms. The summed E-state index contributed by atoms with van der Waals surface area (Å²) in [6.07, 6.45) is 0. The van der Waals surface area contributed by atoms with Gasteiger partial charge >= 0.3 is 51.0 Å². The Balaban J connectivity index is 0. The van der Waals surface area contributed by atoms with Gasteiger partial charge in [0, 0.05) is 11.9 Å². The third kappa shape index (κ3) is 32.4. The van der Waals surface area contributed by atoms with E-state index in [1.54, 1.807) is 0 Å². The molecule has 0 saturated heterocycles. The van der Waals surface area contributed by atoms with Crippen molar-refractivity contribution in [2.75, 3.05) is 0 Å². The Hall–Kier alpha value is -1.31. The molecule has 0 saturated carbocycles. The Morgan fingerprint density at radius 1 is 1.00 bits per heavy atom. The molecule has 0 aliphatic rings. The van der Waals surface area contributed by atoms with E-state index >= 15 is 0 Å². The van der Waals surface area contributed by atoms with E-state index in [4.69, 9.17) is 19.8 Å². The molecule has 0 N–H and O–H groups in total. The standard InChI is InChI=1S/C6H5.2C2H4O2.Al/c1-2-4-6-5-3-1;2*1-2(3)4;/h1-5H;2*1H3,(H,3,4);/q;;;+2/p-2. The summed E-state index contributed by atoms with van der Waals surface area (Å²) in [5.41, 5.74) is 0. The van der Waals surface area contributed by atoms with Crippen LogP contribution in [-0.2, 0) is 9.59 Å². The molecular weight excluding hydrogens is 211 g/mol. The van der Waals surface area contributed by atoms with Crippen LogP contribution in [0.1, 0.15) is 13.8 Å². The third-order valence-corrected chi connectivity index (χ3v) is 1.18. The second-order valence-electron chi connectivity index (χ2n) is 2.39. The summed E-state index contributed by atoms with van der Waals surface area (Å²) in [6, 6.07) is 10.1. The molecule has 0 unspecified atom stereocenters. The van der Waals surface area contributed by atoms with Crippen molar-refractivity contribution in [1.29, 1.82) is 0 Å². The summed E-state index contributed by atoms with van der Waals surface area (Å²) in [5, 5.41) is 17.8. The van der Waals surface area contributed by atoms with Crippen molar-refractivity contribution in [1.82, 2.24) is 0 Å². The molecular formula is C10H11AlO4. The van der Waals surface area contributed by atoms with Crippen molar-refractivity contribution >= 4 is 32.7 Å². The van der Waals surface area contributed by atoms with Gasteiger partial charge in [-0.25, -0.2) is 0 Å². The monoisotopic (exact) mass is 222 g/mol. The number of carbonyl (C=O) groups is 2. The van der Waals surface area contributed by atoms with E-state index in [1.165, 1.54) is 4.43 Å². The van der Waals surface area contributed by atoms with Crippen LogP contribution in [0.5, 0.6) is 0 Å². The summed E-state index contributed by atoms with van der Waals surface area (Å²) in [7, 11) is 0. The number of carboxylic acids is 2. The third-order valence-electron chi connectivity index (χ3n) is 0.800. The van der Waals surface area contributed by atoms with E-state index < -0.39 is 11.9 Å². The van der Waals surface area contributed by atoms with Crippen molar-refractivity contribution in [3.63, 3.8) is 0 Å². The molecule has 1 rings (SSSR count). The summed E-state index contributed by atoms with van der Waals surface area (Å²) in [4.78, 5) is 17.8. The predicted molar refractivity (Wildman–Crippen MR) is 53.2 cm³/mol. The van der Waals surface area contributed by atoms with Crippen LogP contribution in [0.15, 0.2) is 30.3 Å². The molecule has 1 aromatic rings. The Morgan fingerprint density at radius 2 is 1.27 bits per heavy atom. The second kappa shape index (κ2) is 10.8. The van der Waals surface area contributed by atoms with Crippen molar-refractivity contribution in [3.8, 4) is 0 Å². The Bertz CT molecular complexity index is 265. The van der Waals surface area contributed by atoms with Gasteiger partial charge in [0.25, 0.3) is 0 Å². The minimum atomic E-state index is -1.08. The maximum absolute atomic E-state index is 8.89. The van der Waals surface area contributed by atoms with Gasteiger partial charge in [0.05, 0.1) is 0 Å². The van der Waals surface area contributed by atoms with Gasteiger partial charge in [0.15, 0.2) is 0 Å². The van der Waals surface area contributed by atoms with Crippen LogP contribution >= 0.6 is 0 Å². The van der Waals surface area contributed by atoms with Gasteiger partial charge in [-0.2, -0.15) is 0 Å². The number of benzene rings is 1. The fourth-order valence-electron chi connectivity index (χ4n) is 0.453. The van der Waals surface area contributed by atoms with Crippen LogP contribution in [0.4, 0.5) is 0 Å². The van der Waals surface area contributed by atoms with Crippen LogP contribution < -0.4 is 14.6 Å². The van der Waals surface area contributed by atoms with Crippen molar-refractivity contribution in [2.24, 2.45) is 0 Å². The molecule has 0 bridgehead atoms. The first-order valence-corrected chi connectivity index (χ1v) is 4.59. The number of hydrogen-bond acceptors (Lipinski definition) is 4. The van der Waals surface area contributed by atoms with Crippen LogP contribution in [-0.4, -0.2) is 28.2 Å². The molecule has 78 valence electrons. The van der Waals surface area contributed by atoms with E-state index in [2.05, 4.69) is 16.3 Å². The fraction of sp³-hybridized carbons (Fsp3) is 0.200. The van der Waals surface area contributed by atoms with E-state index in [9.17, 15) is 0 Å². The average molecular weight is 222 g/mol. The SMILES string of the molecule is CC(=O)[O-].CC(=O)[O-].[Al+2][c]1ccccc1. The Labute approximate surface area is 97.0 Å². The average Bonchev–Trinajstić information content (AvgIpc) is 2.03. The van der Waals surface area contributed by atoms with E-state index in [-0.39, 0.29) is 0 Å². The normalized spacial score (nSPS) is 7.47. The first-order chi connectivity index (χ1) is 6.86. The Kier molecular flexibility index (Phi) is 11.6. The van der Waals surface area contributed by atoms with Gasteiger partial charge in [-0.15, -0.1) is 0 Å². The van der Waals surface area contributed by atoms with E-state index in [1.807, 2.05) is 30.3 Å². The molecule has 4 nitrogen and oxygen atoms in total. The summed E-state index contributed by atoms with van der Waals surface area (Å²) < 4.78 is 1.24. The topological polar surface area (TPSA) is 80.3 Å². The predicted octanol–water partition coefficient (Wildman–Crippen LogP) is -2.01. The van der Waals surface area contributed by atoms with Crippen molar-refractivity contribution in [3.05, 3.63) is 30.3 Å². The van der Waals surface area contributed by atoms with Gasteiger partial charge in [-0.05, 0) is 13.8 Å². The number of rotatable bonds is 0. The van der Waals surface area contributed by atoms with Crippen LogP contribution in [0, 0.1) is 0 Å². The van der Waals surface area contributed by atoms with Crippen LogP contribution in [0.3, 0.4) is 0 Å². The van der Waals surface area contributed by atoms with Gasteiger partial charge in [0.1, 0.15) is 0 Å². The number of carboxylic acid groups (broad SMARTS) is 2. The van der Waals surface area contributed by atoms with Crippen LogP contribution in [0.25, 0.3) is 0 Å². The number of aliphatic carboxylic acids is 2. The first kappa shape index (κ1) is 16.1. The van der Waals surface area contributed by atoms with Gasteiger partial charge < -0.3 is 19.8 Å². The Morgan fingerprint density at radius 3 is 1.40 bits per heavy atom. The molecule has 0 atom stereocenters. The molecule has 0 fully saturated rings. The van der Waals surface area contributed by atoms with Crippen molar-refractivity contribution < 1.29 is 19.8 Å². The second-order valence-corrected chi connectivity index (χ2v) is 3.06. The van der Waals surface area contributed by atoms with Crippen molar-refractivity contribution in [2.45, 2.75) is 13.8 Å². The molecule has 1 aromatic carbocycles. The van der Waals surface area contributed by atoms with Gasteiger partial charge in [-0.3, -0.25) is 0 Å². The molecule has 0 aliphatic heterocycles. The summed E-state index contributed by atoms with van der Waals surface area (Å²) in [5.74, 6) is -2.17. The molecule has 0 heterocycles. The zero-order valence-corrected chi connectivity index (χ0v) is 9.75. The number of hydrogen-bond donors (Lipinski definition) is 0. The molecule has 0 aliphatic carbocycles. The molecule has 15 heavy (non-hydrogen) atoms. The first-order valence-electron chi connectivity index (χ1n) is 4.02. The summed E-state index contributed by atoms with van der Waals surface area (Å²) in [6.45, 7) is 1.94. The quantitative estimate of drug-likeness (QED) is 0.475. The van der Waals surface area contributed by atoms with E-state index in [0.29, 0.717) is 0 Å². The summed E-state index contributed by atoms with van der Waals surface area (Å²) >= 11 is 2.63. The number of carbonyl (C=O) groups excluding carboxylic acids is 2. The van der Waals surface area contributed by atoms with Gasteiger partial charge in [0.2, 0.25) is 0 Å². The zero-order chi connectivity index (χ0) is 12.3. The fourth-order valence-corrected chi connectivity index (χ4v) is 0.675. The van der Waals surface area contributed by atoms with Gasteiger partial charge in [-0.1, -0.05) is 0 Å². The molecule has 0 amide bonds. The minimum absolute atomic E-state index is 0.972. The molecule has 0 spiro atoms. The maximum atomic E-state index is 8.89. The molecule has 0 radical (unpaired) electrons. The van der Waals surface area contributed by atoms with E-state index in [0.717, 1.165) is 13.8 Å². The van der Waals surface area contributed by atoms with Crippen LogP contribution in [0.2, 0.25) is 0 Å². The zero-order valence-electron chi connectivity index (χ0n) is 8.60. The molecule has 0 aromatic heterocycles.